The smallest absolute Gasteiger partial charge is 0.193 e. The topological polar surface area (TPSA) is 49.3 Å². The molecule has 158 valence electrons. The molecular formula is C21H35IN4O2. The lowest BCUT2D eigenvalue weighted by molar-refractivity contribution is 0.0169. The van der Waals surface area contributed by atoms with E-state index in [0.29, 0.717) is 6.04 Å². The summed E-state index contributed by atoms with van der Waals surface area (Å²) in [7, 11) is 3.91. The van der Waals surface area contributed by atoms with Gasteiger partial charge in [0.25, 0.3) is 0 Å². The van der Waals surface area contributed by atoms with Crippen molar-refractivity contribution in [3.63, 3.8) is 0 Å². The van der Waals surface area contributed by atoms with E-state index in [1.807, 2.05) is 7.05 Å². The molecule has 6 nitrogen and oxygen atoms in total. The van der Waals surface area contributed by atoms with E-state index in [1.165, 1.54) is 18.4 Å². The number of benzene rings is 1. The van der Waals surface area contributed by atoms with Crippen molar-refractivity contribution in [1.29, 1.82) is 0 Å². The van der Waals surface area contributed by atoms with Crippen molar-refractivity contribution in [3.8, 4) is 0 Å². The molecule has 0 bridgehead atoms. The highest BCUT2D eigenvalue weighted by Crippen LogP contribution is 2.28. The average Bonchev–Trinajstić information content (AvgIpc) is 3.54. The lowest BCUT2D eigenvalue weighted by Crippen LogP contribution is -2.47. The van der Waals surface area contributed by atoms with Crippen molar-refractivity contribution in [3.05, 3.63) is 35.9 Å². The quantitative estimate of drug-likeness (QED) is 0.244. The van der Waals surface area contributed by atoms with E-state index in [0.717, 1.165) is 64.5 Å². The van der Waals surface area contributed by atoms with E-state index in [4.69, 9.17) is 9.47 Å². The number of hydrogen-bond acceptors (Lipinski definition) is 4. The first kappa shape index (κ1) is 23.4. The number of guanidine groups is 1. The highest BCUT2D eigenvalue weighted by molar-refractivity contribution is 14.0. The molecule has 1 atom stereocenters. The zero-order chi connectivity index (χ0) is 18.9. The zero-order valence-electron chi connectivity index (χ0n) is 17.2. The standard InChI is InChI=1S/C21H34N4O2.HI/c1-22-21(24(2)10-13-27-17-18-8-9-18)23-16-20(19-6-4-3-5-7-19)25-11-14-26-15-12-25;/h3-7,18,20H,8-17H2,1-2H3,(H,22,23);1H. The Kier molecular flexibility index (Phi) is 10.5. The van der Waals surface area contributed by atoms with Gasteiger partial charge in [-0.2, -0.15) is 0 Å². The van der Waals surface area contributed by atoms with Crippen LogP contribution in [0.3, 0.4) is 0 Å². The number of morpholine rings is 1. The predicted octanol–water partition coefficient (Wildman–Crippen LogP) is 2.61. The second kappa shape index (κ2) is 12.6. The molecule has 2 fully saturated rings. The Morgan fingerprint density at radius 2 is 2.00 bits per heavy atom. The van der Waals surface area contributed by atoms with E-state index < -0.39 is 0 Å². The van der Waals surface area contributed by atoms with E-state index in [9.17, 15) is 0 Å². The molecule has 1 aromatic rings. The summed E-state index contributed by atoms with van der Waals surface area (Å²) in [6, 6.07) is 11.0. The van der Waals surface area contributed by atoms with E-state index in [1.54, 1.807) is 0 Å². The van der Waals surface area contributed by atoms with Gasteiger partial charge in [-0.15, -0.1) is 24.0 Å². The van der Waals surface area contributed by atoms with Crippen LogP contribution in [0, 0.1) is 5.92 Å². The Labute approximate surface area is 186 Å². The third-order valence-corrected chi connectivity index (χ3v) is 5.32. The number of halogens is 1. The number of likely N-dealkylation sites (N-methyl/N-ethyl adjacent to an activating group) is 1. The van der Waals surface area contributed by atoms with Crippen LogP contribution >= 0.6 is 24.0 Å². The summed E-state index contributed by atoms with van der Waals surface area (Å²) >= 11 is 0. The first-order valence-corrected chi connectivity index (χ1v) is 10.1. The lowest BCUT2D eigenvalue weighted by Gasteiger charge is -2.35. The summed E-state index contributed by atoms with van der Waals surface area (Å²) in [6.07, 6.45) is 2.67. The maximum atomic E-state index is 5.77. The zero-order valence-corrected chi connectivity index (χ0v) is 19.5. The number of hydrogen-bond donors (Lipinski definition) is 1. The molecule has 2 aliphatic rings. The Balaban J connectivity index is 0.00000280. The molecule has 0 spiro atoms. The van der Waals surface area contributed by atoms with Crippen molar-refractivity contribution in [2.24, 2.45) is 10.9 Å². The van der Waals surface area contributed by atoms with Gasteiger partial charge in [0.05, 0.1) is 25.9 Å². The van der Waals surface area contributed by atoms with E-state index in [-0.39, 0.29) is 24.0 Å². The average molecular weight is 502 g/mol. The summed E-state index contributed by atoms with van der Waals surface area (Å²) in [5.74, 6) is 1.73. The van der Waals surface area contributed by atoms with Crippen LogP contribution in [0.2, 0.25) is 0 Å². The Hall–Kier alpha value is -0.900. The van der Waals surface area contributed by atoms with Crippen LogP contribution in [0.25, 0.3) is 0 Å². The molecule has 1 aliphatic heterocycles. The maximum absolute atomic E-state index is 5.77. The van der Waals surface area contributed by atoms with Crippen LogP contribution in [0.15, 0.2) is 35.3 Å². The molecule has 1 aromatic carbocycles. The summed E-state index contributed by atoms with van der Waals surface area (Å²) in [4.78, 5) is 9.10. The highest BCUT2D eigenvalue weighted by atomic mass is 127. The van der Waals surface area contributed by atoms with Crippen molar-refractivity contribution < 1.29 is 9.47 Å². The molecule has 0 radical (unpaired) electrons. The number of rotatable bonds is 9. The highest BCUT2D eigenvalue weighted by Gasteiger charge is 2.23. The van der Waals surface area contributed by atoms with Crippen LogP contribution in [0.5, 0.6) is 0 Å². The van der Waals surface area contributed by atoms with Crippen molar-refractivity contribution in [2.75, 3.05) is 66.7 Å². The van der Waals surface area contributed by atoms with Gasteiger partial charge < -0.3 is 19.7 Å². The third-order valence-electron chi connectivity index (χ3n) is 5.32. The van der Waals surface area contributed by atoms with Crippen LogP contribution < -0.4 is 5.32 Å². The second-order valence-corrected chi connectivity index (χ2v) is 7.44. The molecule has 28 heavy (non-hydrogen) atoms. The normalized spacial score (nSPS) is 19.0. The molecule has 1 saturated heterocycles. The fourth-order valence-corrected chi connectivity index (χ4v) is 3.44. The SMILES string of the molecule is CN=C(NCC(c1ccccc1)N1CCOCC1)N(C)CCOCC1CC1.I. The van der Waals surface area contributed by atoms with Gasteiger partial charge in [0.2, 0.25) is 0 Å². The Morgan fingerprint density at radius 3 is 2.64 bits per heavy atom. The molecule has 1 aliphatic carbocycles. The van der Waals surface area contributed by atoms with Gasteiger partial charge in [-0.25, -0.2) is 0 Å². The van der Waals surface area contributed by atoms with Gasteiger partial charge in [0.15, 0.2) is 5.96 Å². The fourth-order valence-electron chi connectivity index (χ4n) is 3.44. The second-order valence-electron chi connectivity index (χ2n) is 7.44. The first-order chi connectivity index (χ1) is 13.3. The fraction of sp³-hybridized carbons (Fsp3) is 0.667. The summed E-state index contributed by atoms with van der Waals surface area (Å²) < 4.78 is 11.3. The van der Waals surface area contributed by atoms with Gasteiger partial charge in [-0.1, -0.05) is 30.3 Å². The summed E-state index contributed by atoms with van der Waals surface area (Å²) in [5.41, 5.74) is 1.33. The molecule has 0 aromatic heterocycles. The number of nitrogens with zero attached hydrogens (tertiary/aromatic N) is 3. The molecule has 1 saturated carbocycles. The first-order valence-electron chi connectivity index (χ1n) is 10.1. The van der Waals surface area contributed by atoms with Crippen LogP contribution in [-0.2, 0) is 9.47 Å². The van der Waals surface area contributed by atoms with Crippen LogP contribution in [-0.4, -0.2) is 82.5 Å². The predicted molar refractivity (Wildman–Crippen MR) is 125 cm³/mol. The van der Waals surface area contributed by atoms with Gasteiger partial charge in [-0.05, 0) is 24.3 Å². The summed E-state index contributed by atoms with van der Waals surface area (Å²) in [6.45, 7) is 6.86. The molecule has 1 N–H and O–H groups in total. The minimum atomic E-state index is 0. The van der Waals surface area contributed by atoms with E-state index >= 15 is 0 Å². The lowest BCUT2D eigenvalue weighted by atomic mass is 10.0. The van der Waals surface area contributed by atoms with Crippen molar-refractivity contribution in [2.45, 2.75) is 18.9 Å². The van der Waals surface area contributed by atoms with Gasteiger partial charge in [-0.3, -0.25) is 9.89 Å². The summed E-state index contributed by atoms with van der Waals surface area (Å²) in [5, 5.41) is 3.56. The molecule has 1 heterocycles. The Morgan fingerprint density at radius 1 is 1.29 bits per heavy atom. The van der Waals surface area contributed by atoms with Crippen LogP contribution in [0.1, 0.15) is 24.4 Å². The third kappa shape index (κ3) is 7.50. The minimum absolute atomic E-state index is 0. The molecule has 1 unspecified atom stereocenters. The minimum Gasteiger partial charge on any atom is -0.379 e. The molecule has 0 amide bonds. The largest absolute Gasteiger partial charge is 0.379 e. The molecule has 7 heteroatoms. The van der Waals surface area contributed by atoms with Gasteiger partial charge in [0, 0.05) is 46.9 Å². The van der Waals surface area contributed by atoms with Crippen LogP contribution in [0.4, 0.5) is 0 Å². The maximum Gasteiger partial charge on any atom is 0.193 e. The van der Waals surface area contributed by atoms with E-state index in [2.05, 4.69) is 57.5 Å². The van der Waals surface area contributed by atoms with Crippen molar-refractivity contribution in [1.82, 2.24) is 15.1 Å². The van der Waals surface area contributed by atoms with Gasteiger partial charge in [0.1, 0.15) is 0 Å². The molecular weight excluding hydrogens is 467 g/mol. The Bertz CT molecular complexity index is 577. The number of nitrogens with one attached hydrogen (secondary N) is 1. The monoisotopic (exact) mass is 502 g/mol. The number of aliphatic imine (C=N–C) groups is 1. The van der Waals surface area contributed by atoms with Gasteiger partial charge >= 0.3 is 0 Å². The molecule has 3 rings (SSSR count). The van der Waals surface area contributed by atoms with Crippen molar-refractivity contribution >= 4 is 29.9 Å². The number of ether oxygens (including phenoxy) is 2.